The van der Waals surface area contributed by atoms with Gasteiger partial charge in [-0.15, -0.1) is 5.10 Å². The third-order valence-corrected chi connectivity index (χ3v) is 6.77. The Labute approximate surface area is 203 Å². The molecule has 35 heavy (non-hydrogen) atoms. The van der Waals surface area contributed by atoms with E-state index in [1.165, 1.54) is 13.2 Å². The van der Waals surface area contributed by atoms with Crippen LogP contribution in [0.15, 0.2) is 81.1 Å². The molecule has 8 nitrogen and oxygen atoms in total. The van der Waals surface area contributed by atoms with Crippen LogP contribution in [0.3, 0.4) is 0 Å². The van der Waals surface area contributed by atoms with Crippen LogP contribution in [0.5, 0.6) is 5.75 Å². The van der Waals surface area contributed by atoms with E-state index in [1.807, 2.05) is 32.9 Å². The molecule has 1 heterocycles. The maximum atomic E-state index is 13.2. The fraction of sp³-hybridized carbons (Fsp3) is 0.154. The van der Waals surface area contributed by atoms with Gasteiger partial charge in [-0.1, -0.05) is 35.9 Å². The molecule has 0 bridgehead atoms. The summed E-state index contributed by atoms with van der Waals surface area (Å²) in [5.41, 5.74) is 3.58. The van der Waals surface area contributed by atoms with Crippen molar-refractivity contribution in [1.82, 2.24) is 4.83 Å². The van der Waals surface area contributed by atoms with Crippen LogP contribution in [-0.4, -0.2) is 21.4 Å². The summed E-state index contributed by atoms with van der Waals surface area (Å²) in [7, 11) is -2.52. The van der Waals surface area contributed by atoms with Crippen molar-refractivity contribution in [2.45, 2.75) is 25.7 Å². The summed E-state index contributed by atoms with van der Waals surface area (Å²) < 4.78 is 37.0. The third-order valence-electron chi connectivity index (χ3n) is 5.57. The Balaban J connectivity index is 1.80. The first-order chi connectivity index (χ1) is 16.7. The lowest BCUT2D eigenvalue weighted by atomic mass is 10.1. The number of hydrogen-bond acceptors (Lipinski definition) is 6. The van der Waals surface area contributed by atoms with Gasteiger partial charge in [0.05, 0.1) is 12.0 Å². The molecule has 0 atom stereocenters. The number of aryl methyl sites for hydroxylation is 3. The molecular formula is C26H25N3O5S. The van der Waals surface area contributed by atoms with E-state index in [-0.39, 0.29) is 16.0 Å². The molecule has 0 saturated heterocycles. The second-order valence-electron chi connectivity index (χ2n) is 8.12. The molecule has 180 valence electrons. The Bertz CT molecular complexity index is 1590. The van der Waals surface area contributed by atoms with E-state index >= 15 is 0 Å². The van der Waals surface area contributed by atoms with Gasteiger partial charge in [-0.2, -0.15) is 13.2 Å². The lowest BCUT2D eigenvalue weighted by molar-refractivity contribution is 0.102. The van der Waals surface area contributed by atoms with Gasteiger partial charge < -0.3 is 14.5 Å². The quantitative estimate of drug-likeness (QED) is 0.388. The maximum absolute atomic E-state index is 13.2. The van der Waals surface area contributed by atoms with Crippen molar-refractivity contribution in [1.29, 1.82) is 0 Å². The Hall–Kier alpha value is -4.11. The average Bonchev–Trinajstić information content (AvgIpc) is 2.84. The third kappa shape index (κ3) is 5.20. The van der Waals surface area contributed by atoms with Gasteiger partial charge in [0.1, 0.15) is 5.56 Å². The number of amides is 1. The van der Waals surface area contributed by atoms with E-state index in [2.05, 4.69) is 15.2 Å². The van der Waals surface area contributed by atoms with Gasteiger partial charge in [0.15, 0.2) is 11.3 Å². The highest BCUT2D eigenvalue weighted by molar-refractivity contribution is 7.89. The van der Waals surface area contributed by atoms with E-state index in [4.69, 9.17) is 9.15 Å². The highest BCUT2D eigenvalue weighted by Gasteiger charge is 2.18. The first-order valence-electron chi connectivity index (χ1n) is 10.8. The zero-order valence-corrected chi connectivity index (χ0v) is 20.6. The molecular weight excluding hydrogens is 466 g/mol. The van der Waals surface area contributed by atoms with Crippen LogP contribution in [0.4, 0.5) is 5.69 Å². The van der Waals surface area contributed by atoms with Crippen molar-refractivity contribution in [3.8, 4) is 5.75 Å². The van der Waals surface area contributed by atoms with E-state index in [9.17, 15) is 13.2 Å². The number of para-hydroxylation sites is 1. The number of nitrogens with zero attached hydrogens (tertiary/aromatic N) is 1. The molecule has 0 spiro atoms. The summed E-state index contributed by atoms with van der Waals surface area (Å²) >= 11 is 0. The van der Waals surface area contributed by atoms with E-state index in [1.54, 1.807) is 48.5 Å². The zero-order valence-electron chi connectivity index (χ0n) is 19.7. The summed E-state index contributed by atoms with van der Waals surface area (Å²) in [6.45, 7) is 5.66. The van der Waals surface area contributed by atoms with Gasteiger partial charge in [-0.25, -0.2) is 0 Å². The summed E-state index contributed by atoms with van der Waals surface area (Å²) in [6.07, 6.45) is 0. The monoisotopic (exact) mass is 491 g/mol. The van der Waals surface area contributed by atoms with Crippen LogP contribution in [0, 0.1) is 20.8 Å². The first kappa shape index (κ1) is 24.0. The van der Waals surface area contributed by atoms with Gasteiger partial charge >= 0.3 is 0 Å². The van der Waals surface area contributed by atoms with Crippen LogP contribution in [0.2, 0.25) is 0 Å². The van der Waals surface area contributed by atoms with E-state index in [0.29, 0.717) is 22.4 Å². The number of fused-ring (bicyclic) bond motifs is 1. The number of anilines is 1. The largest absolute Gasteiger partial charge is 0.493 e. The fourth-order valence-electron chi connectivity index (χ4n) is 3.40. The molecule has 0 saturated carbocycles. The van der Waals surface area contributed by atoms with E-state index in [0.717, 1.165) is 16.7 Å². The Morgan fingerprint density at radius 1 is 0.943 bits per heavy atom. The number of nitrogens with one attached hydrogen (secondary N) is 2. The Kier molecular flexibility index (Phi) is 6.61. The number of ether oxygens (including phenoxy) is 1. The van der Waals surface area contributed by atoms with Crippen molar-refractivity contribution >= 4 is 32.6 Å². The molecule has 2 N–H and O–H groups in total. The minimum atomic E-state index is -4.01. The number of carbonyl (C=O) groups excluding carboxylic acids is 1. The molecule has 0 unspecified atom stereocenters. The number of rotatable bonds is 6. The van der Waals surface area contributed by atoms with Crippen molar-refractivity contribution in [3.05, 3.63) is 94.5 Å². The fourth-order valence-corrected chi connectivity index (χ4v) is 4.29. The highest BCUT2D eigenvalue weighted by atomic mass is 32.2. The highest BCUT2D eigenvalue weighted by Crippen LogP contribution is 2.25. The summed E-state index contributed by atoms with van der Waals surface area (Å²) in [5, 5.41) is 7.37. The van der Waals surface area contributed by atoms with Gasteiger partial charge in [-0.3, -0.25) is 4.79 Å². The van der Waals surface area contributed by atoms with Crippen molar-refractivity contribution < 1.29 is 22.4 Å². The molecule has 0 aliphatic heterocycles. The topological polar surface area (TPSA) is 110 Å². The lowest BCUT2D eigenvalue weighted by Gasteiger charge is -2.10. The summed E-state index contributed by atoms with van der Waals surface area (Å²) in [5.74, 6) is -0.0899. The predicted octanol–water partition coefficient (Wildman–Crippen LogP) is 4.41. The molecule has 1 aromatic heterocycles. The minimum Gasteiger partial charge on any atom is -0.493 e. The summed E-state index contributed by atoms with van der Waals surface area (Å²) in [6, 6.07) is 18.8. The Morgan fingerprint density at radius 2 is 1.69 bits per heavy atom. The van der Waals surface area contributed by atoms with Crippen molar-refractivity contribution in [2.24, 2.45) is 5.10 Å². The predicted molar refractivity (Wildman–Crippen MR) is 134 cm³/mol. The molecule has 4 aromatic rings. The molecule has 0 fully saturated rings. The van der Waals surface area contributed by atoms with Gasteiger partial charge in [0, 0.05) is 11.1 Å². The van der Waals surface area contributed by atoms with Gasteiger partial charge in [-0.05, 0) is 68.3 Å². The van der Waals surface area contributed by atoms with Crippen LogP contribution in [0.25, 0.3) is 11.0 Å². The average molecular weight is 492 g/mol. The number of sulfonamides is 1. The van der Waals surface area contributed by atoms with Crippen molar-refractivity contribution in [3.63, 3.8) is 0 Å². The zero-order chi connectivity index (χ0) is 25.2. The number of benzene rings is 3. The van der Waals surface area contributed by atoms with Crippen LogP contribution >= 0.6 is 0 Å². The maximum Gasteiger partial charge on any atom is 0.276 e. The second kappa shape index (κ2) is 9.63. The molecule has 0 radical (unpaired) electrons. The second-order valence-corrected chi connectivity index (χ2v) is 9.78. The molecule has 0 aliphatic rings. The van der Waals surface area contributed by atoms with Crippen LogP contribution < -0.4 is 20.4 Å². The standard InChI is InChI=1S/C26H25N3O5S/c1-16-8-11-20(12-9-16)27-25(30)22-15-19-6-5-7-23(33-4)24(19)34-26(22)28-29-35(31,32)21-13-10-17(2)18(3)14-21/h5-15,29H,1-4H3,(H,27,30)/b28-26+. The molecule has 0 aliphatic carbocycles. The Morgan fingerprint density at radius 3 is 2.37 bits per heavy atom. The summed E-state index contributed by atoms with van der Waals surface area (Å²) in [4.78, 5) is 15.4. The number of hydrogen-bond donors (Lipinski definition) is 2. The number of carbonyl (C=O) groups is 1. The van der Waals surface area contributed by atoms with Crippen LogP contribution in [0.1, 0.15) is 27.0 Å². The molecule has 1 amide bonds. The van der Waals surface area contributed by atoms with Crippen LogP contribution in [-0.2, 0) is 10.0 Å². The van der Waals surface area contributed by atoms with Gasteiger partial charge in [0.25, 0.3) is 15.9 Å². The lowest BCUT2D eigenvalue weighted by Crippen LogP contribution is -2.27. The van der Waals surface area contributed by atoms with Crippen molar-refractivity contribution in [2.75, 3.05) is 12.4 Å². The smallest absolute Gasteiger partial charge is 0.276 e. The normalized spacial score (nSPS) is 11.9. The SMILES string of the molecule is COc1cccc2cc(C(=O)Nc3ccc(C)cc3)/c(=N\NS(=O)(=O)c3ccc(C)c(C)c3)oc12. The number of methoxy groups -OCH3 is 1. The molecule has 9 heteroatoms. The molecule has 3 aromatic carbocycles. The first-order valence-corrected chi connectivity index (χ1v) is 12.3. The minimum absolute atomic E-state index is 0.0494. The van der Waals surface area contributed by atoms with E-state index < -0.39 is 15.9 Å². The molecule has 4 rings (SSSR count). The van der Waals surface area contributed by atoms with Gasteiger partial charge in [0.2, 0.25) is 5.55 Å².